The van der Waals surface area contributed by atoms with Crippen molar-refractivity contribution in [1.82, 2.24) is 4.98 Å². The quantitative estimate of drug-likeness (QED) is 0.586. The van der Waals surface area contributed by atoms with E-state index in [0.29, 0.717) is 13.0 Å². The number of nitrogens with two attached hydrogens (primary N) is 1. The molecule has 1 aromatic carbocycles. The zero-order valence-corrected chi connectivity index (χ0v) is 11.1. The summed E-state index contributed by atoms with van der Waals surface area (Å²) in [5, 5.41) is 2.87. The number of aromatic nitrogens is 1. The molecule has 0 amide bonds. The third kappa shape index (κ3) is 4.35. The molecule has 2 aromatic rings. The van der Waals surface area contributed by atoms with Crippen molar-refractivity contribution >= 4 is 11.6 Å². The summed E-state index contributed by atoms with van der Waals surface area (Å²) < 4.78 is 38.2. The minimum Gasteiger partial charge on any atom is -0.370 e. The van der Waals surface area contributed by atoms with Crippen LogP contribution in [0.15, 0.2) is 42.5 Å². The molecule has 112 valence electrons. The van der Waals surface area contributed by atoms with Crippen molar-refractivity contribution in [1.29, 1.82) is 0 Å². The van der Waals surface area contributed by atoms with Crippen LogP contribution in [0.2, 0.25) is 0 Å². The van der Waals surface area contributed by atoms with E-state index in [1.54, 1.807) is 0 Å². The van der Waals surface area contributed by atoms with E-state index in [2.05, 4.69) is 15.7 Å². The highest BCUT2D eigenvalue weighted by Crippen LogP contribution is 2.31. The molecule has 4 N–H and O–H groups in total. The number of hydrogen-bond donors (Lipinski definition) is 3. The highest BCUT2D eigenvalue weighted by atomic mass is 19.4. The molecule has 0 radical (unpaired) electrons. The molecule has 0 aliphatic carbocycles. The predicted molar refractivity (Wildman–Crippen MR) is 75.7 cm³/mol. The Hall–Kier alpha value is -2.28. The molecule has 0 unspecified atom stereocenters. The van der Waals surface area contributed by atoms with E-state index in [1.165, 1.54) is 0 Å². The van der Waals surface area contributed by atoms with E-state index in [1.807, 2.05) is 30.3 Å². The molecule has 2 rings (SSSR count). The molecule has 0 atom stereocenters. The first-order valence-electron chi connectivity index (χ1n) is 6.33. The minimum atomic E-state index is -4.44. The summed E-state index contributed by atoms with van der Waals surface area (Å²) in [5.74, 6) is 5.24. The lowest BCUT2D eigenvalue weighted by Gasteiger charge is -2.12. The fourth-order valence-corrected chi connectivity index (χ4v) is 1.84. The maximum absolute atomic E-state index is 12.7. The van der Waals surface area contributed by atoms with Crippen LogP contribution < -0.4 is 16.6 Å². The van der Waals surface area contributed by atoms with Gasteiger partial charge in [-0.2, -0.15) is 13.2 Å². The molecule has 0 aliphatic rings. The van der Waals surface area contributed by atoms with Crippen molar-refractivity contribution in [3.8, 4) is 0 Å². The van der Waals surface area contributed by atoms with E-state index in [0.717, 1.165) is 17.7 Å². The third-order valence-electron chi connectivity index (χ3n) is 2.86. The fraction of sp³-hybridized carbons (Fsp3) is 0.214. The molecule has 0 spiro atoms. The van der Waals surface area contributed by atoms with Gasteiger partial charge in [0.2, 0.25) is 0 Å². The first-order valence-corrected chi connectivity index (χ1v) is 6.33. The molecule has 21 heavy (non-hydrogen) atoms. The van der Waals surface area contributed by atoms with Crippen LogP contribution in [-0.4, -0.2) is 11.5 Å². The normalized spacial score (nSPS) is 11.2. The number of pyridine rings is 1. The van der Waals surface area contributed by atoms with Crippen molar-refractivity contribution in [2.24, 2.45) is 5.84 Å². The number of rotatable bonds is 5. The Bertz CT molecular complexity index is 585. The topological polar surface area (TPSA) is 63.0 Å². The second kappa shape index (κ2) is 6.45. The molecule has 0 fully saturated rings. The highest BCUT2D eigenvalue weighted by molar-refractivity contribution is 5.49. The van der Waals surface area contributed by atoms with Gasteiger partial charge in [-0.15, -0.1) is 0 Å². The summed E-state index contributed by atoms with van der Waals surface area (Å²) in [5.41, 5.74) is 2.43. The van der Waals surface area contributed by atoms with Crippen LogP contribution in [0.1, 0.15) is 11.1 Å². The summed E-state index contributed by atoms with van der Waals surface area (Å²) in [6.45, 7) is 0.475. The van der Waals surface area contributed by atoms with E-state index in [-0.39, 0.29) is 11.6 Å². The van der Waals surface area contributed by atoms with Crippen molar-refractivity contribution < 1.29 is 13.2 Å². The van der Waals surface area contributed by atoms with Gasteiger partial charge in [0.15, 0.2) is 0 Å². The largest absolute Gasteiger partial charge is 0.416 e. The van der Waals surface area contributed by atoms with Crippen molar-refractivity contribution in [2.45, 2.75) is 12.6 Å². The predicted octanol–water partition coefficient (Wildman–Crippen LogP) is 3.04. The Morgan fingerprint density at radius 2 is 1.71 bits per heavy atom. The lowest BCUT2D eigenvalue weighted by molar-refractivity contribution is -0.137. The zero-order chi connectivity index (χ0) is 15.3. The Morgan fingerprint density at radius 1 is 1.05 bits per heavy atom. The summed E-state index contributed by atoms with van der Waals surface area (Å²) in [6, 6.07) is 11.5. The molecule has 4 nitrogen and oxygen atoms in total. The lowest BCUT2D eigenvalue weighted by atomic mass is 10.1. The molecule has 1 heterocycles. The van der Waals surface area contributed by atoms with Crippen molar-refractivity contribution in [2.75, 3.05) is 17.3 Å². The van der Waals surface area contributed by atoms with Crippen LogP contribution in [0.5, 0.6) is 0 Å². The van der Waals surface area contributed by atoms with E-state index in [4.69, 9.17) is 5.84 Å². The Balaban J connectivity index is 2.05. The van der Waals surface area contributed by atoms with Crippen LogP contribution in [0, 0.1) is 0 Å². The highest BCUT2D eigenvalue weighted by Gasteiger charge is 2.31. The second-order valence-electron chi connectivity index (χ2n) is 4.43. The van der Waals surface area contributed by atoms with E-state index >= 15 is 0 Å². The minimum absolute atomic E-state index is 0.0352. The first-order chi connectivity index (χ1) is 9.99. The van der Waals surface area contributed by atoms with E-state index < -0.39 is 11.7 Å². The molecule has 1 aromatic heterocycles. The number of nitrogens with zero attached hydrogens (tertiary/aromatic N) is 1. The van der Waals surface area contributed by atoms with Gasteiger partial charge in [-0.3, -0.25) is 0 Å². The van der Waals surface area contributed by atoms with Crippen LogP contribution in [0.3, 0.4) is 0 Å². The molecular weight excluding hydrogens is 281 g/mol. The van der Waals surface area contributed by atoms with Gasteiger partial charge in [0, 0.05) is 6.54 Å². The lowest BCUT2D eigenvalue weighted by Crippen LogP contribution is -2.14. The average Bonchev–Trinajstić information content (AvgIpc) is 2.47. The molecule has 0 aliphatic heterocycles. The number of hydrazine groups is 1. The molecule has 0 saturated carbocycles. The standard InChI is InChI=1S/C14H15F3N4/c15-14(16,17)11-8-12(20-13(9-11)21-18)19-7-6-10-4-2-1-3-5-10/h1-5,8-9H,6-7,18H2,(H2,19,20,21). The van der Waals surface area contributed by atoms with Crippen LogP contribution in [0.4, 0.5) is 24.8 Å². The van der Waals surface area contributed by atoms with Crippen molar-refractivity contribution in [3.05, 3.63) is 53.6 Å². The number of nitrogen functional groups attached to an aromatic ring is 1. The van der Waals surface area contributed by atoms with Gasteiger partial charge in [0.1, 0.15) is 11.6 Å². The van der Waals surface area contributed by atoms with Gasteiger partial charge in [0.05, 0.1) is 5.56 Å². The number of benzene rings is 1. The number of anilines is 2. The van der Waals surface area contributed by atoms with E-state index in [9.17, 15) is 13.2 Å². The van der Waals surface area contributed by atoms with Gasteiger partial charge >= 0.3 is 6.18 Å². The second-order valence-corrected chi connectivity index (χ2v) is 4.43. The van der Waals surface area contributed by atoms with Crippen LogP contribution in [-0.2, 0) is 12.6 Å². The summed E-state index contributed by atoms with van der Waals surface area (Å²) in [6.07, 6.45) is -3.76. The van der Waals surface area contributed by atoms with Gasteiger partial charge < -0.3 is 10.7 Å². The van der Waals surface area contributed by atoms with Gasteiger partial charge in [-0.1, -0.05) is 30.3 Å². The summed E-state index contributed by atoms with van der Waals surface area (Å²) >= 11 is 0. The smallest absolute Gasteiger partial charge is 0.370 e. The third-order valence-corrected chi connectivity index (χ3v) is 2.86. The fourth-order valence-electron chi connectivity index (χ4n) is 1.84. The molecular formula is C14H15F3N4. The maximum Gasteiger partial charge on any atom is 0.416 e. The number of halogens is 3. The van der Waals surface area contributed by atoms with Gasteiger partial charge in [-0.25, -0.2) is 10.8 Å². The summed E-state index contributed by atoms with van der Waals surface area (Å²) in [7, 11) is 0. The zero-order valence-electron chi connectivity index (χ0n) is 11.1. The first kappa shape index (κ1) is 15.1. The van der Waals surface area contributed by atoms with Crippen LogP contribution >= 0.6 is 0 Å². The summed E-state index contributed by atoms with van der Waals surface area (Å²) in [4.78, 5) is 3.95. The number of hydrogen-bond acceptors (Lipinski definition) is 4. The maximum atomic E-state index is 12.7. The Kier molecular flexibility index (Phi) is 4.64. The average molecular weight is 296 g/mol. The Morgan fingerprint density at radius 3 is 2.33 bits per heavy atom. The molecule has 0 saturated heterocycles. The van der Waals surface area contributed by atoms with Crippen molar-refractivity contribution in [3.63, 3.8) is 0 Å². The van der Waals surface area contributed by atoms with Gasteiger partial charge in [-0.05, 0) is 24.1 Å². The SMILES string of the molecule is NNc1cc(C(F)(F)F)cc(NCCc2ccccc2)n1. The number of nitrogens with one attached hydrogen (secondary N) is 2. The Labute approximate surface area is 120 Å². The van der Waals surface area contributed by atoms with Crippen LogP contribution in [0.25, 0.3) is 0 Å². The molecule has 0 bridgehead atoms. The molecule has 7 heteroatoms. The number of alkyl halides is 3. The monoisotopic (exact) mass is 296 g/mol. The van der Waals surface area contributed by atoms with Gasteiger partial charge in [0.25, 0.3) is 0 Å².